The first-order chi connectivity index (χ1) is 14.7. The molecule has 0 radical (unpaired) electrons. The lowest BCUT2D eigenvalue weighted by atomic mass is 10.1. The molecule has 0 saturated carbocycles. The Labute approximate surface area is 174 Å². The van der Waals surface area contributed by atoms with E-state index in [1.54, 1.807) is 23.3 Å². The summed E-state index contributed by atoms with van der Waals surface area (Å²) >= 11 is 0. The van der Waals surface area contributed by atoms with E-state index >= 15 is 0 Å². The van der Waals surface area contributed by atoms with E-state index in [9.17, 15) is 9.59 Å². The minimum atomic E-state index is -0.272. The number of rotatable bonds is 8. The number of likely N-dealkylation sites (tertiary alicyclic amines) is 1. The van der Waals surface area contributed by atoms with Crippen molar-refractivity contribution in [1.82, 2.24) is 30.2 Å². The molecule has 4 rings (SSSR count). The van der Waals surface area contributed by atoms with Gasteiger partial charge in [-0.3, -0.25) is 14.6 Å². The van der Waals surface area contributed by atoms with Crippen LogP contribution in [-0.4, -0.2) is 49.8 Å². The van der Waals surface area contributed by atoms with Crippen molar-refractivity contribution in [2.45, 2.75) is 31.8 Å². The fourth-order valence-electron chi connectivity index (χ4n) is 3.41. The molecule has 0 unspecified atom stereocenters. The second kappa shape index (κ2) is 9.30. The largest absolute Gasteiger partial charge is 0.347 e. The third kappa shape index (κ3) is 4.89. The molecule has 3 heterocycles. The number of amides is 2. The van der Waals surface area contributed by atoms with E-state index in [0.717, 1.165) is 18.4 Å². The molecule has 0 bridgehead atoms. The summed E-state index contributed by atoms with van der Waals surface area (Å²) in [7, 11) is 0. The third-order valence-electron chi connectivity index (χ3n) is 5.23. The van der Waals surface area contributed by atoms with Crippen molar-refractivity contribution in [3.8, 4) is 0 Å². The number of hydrogen-bond donors (Lipinski definition) is 1. The summed E-state index contributed by atoms with van der Waals surface area (Å²) in [5.41, 5.74) is 2.49. The molecule has 0 atom stereocenters. The number of hydrogen-bond acceptors (Lipinski definition) is 5. The molecular weight excluding hydrogens is 380 g/mol. The molecule has 0 spiro atoms. The predicted molar refractivity (Wildman–Crippen MR) is 110 cm³/mol. The standard InChI is InChI=1S/C22H24N6O2/c29-21(8-4-7-17-5-2-1-3-6-17)27-14-19(15-27)28-16-20(25-26-28)22(30)24-13-18-9-11-23-12-10-18/h1-3,5-6,9-12,16,19H,4,7-8,13-15H2,(H,24,30). The van der Waals surface area contributed by atoms with Crippen molar-refractivity contribution < 1.29 is 9.59 Å². The maximum absolute atomic E-state index is 12.3. The lowest BCUT2D eigenvalue weighted by molar-refractivity contribution is -0.137. The molecule has 1 saturated heterocycles. The van der Waals surface area contributed by atoms with Gasteiger partial charge in [0.25, 0.3) is 5.91 Å². The van der Waals surface area contributed by atoms with E-state index in [0.29, 0.717) is 26.1 Å². The highest BCUT2D eigenvalue weighted by molar-refractivity contribution is 5.91. The minimum Gasteiger partial charge on any atom is -0.347 e. The topological polar surface area (TPSA) is 93.0 Å². The van der Waals surface area contributed by atoms with Crippen LogP contribution in [0.15, 0.2) is 61.1 Å². The van der Waals surface area contributed by atoms with Gasteiger partial charge in [-0.25, -0.2) is 4.68 Å². The van der Waals surface area contributed by atoms with Gasteiger partial charge in [-0.1, -0.05) is 35.5 Å². The Hall–Kier alpha value is -3.55. The number of benzene rings is 1. The zero-order valence-corrected chi connectivity index (χ0v) is 16.6. The highest BCUT2D eigenvalue weighted by Crippen LogP contribution is 2.21. The summed E-state index contributed by atoms with van der Waals surface area (Å²) in [5, 5.41) is 10.9. The van der Waals surface area contributed by atoms with Gasteiger partial charge in [0.15, 0.2) is 5.69 Å². The van der Waals surface area contributed by atoms with E-state index in [1.165, 1.54) is 5.56 Å². The number of nitrogens with zero attached hydrogens (tertiary/aromatic N) is 5. The van der Waals surface area contributed by atoms with Crippen molar-refractivity contribution in [3.05, 3.63) is 77.9 Å². The van der Waals surface area contributed by atoms with Crippen LogP contribution >= 0.6 is 0 Å². The van der Waals surface area contributed by atoms with Crippen LogP contribution in [0.1, 0.15) is 40.5 Å². The Morgan fingerprint density at radius 3 is 2.57 bits per heavy atom. The van der Waals surface area contributed by atoms with Crippen molar-refractivity contribution in [3.63, 3.8) is 0 Å². The zero-order chi connectivity index (χ0) is 20.8. The molecule has 1 fully saturated rings. The summed E-state index contributed by atoms with van der Waals surface area (Å²) < 4.78 is 1.68. The van der Waals surface area contributed by atoms with Crippen LogP contribution in [0.5, 0.6) is 0 Å². The highest BCUT2D eigenvalue weighted by atomic mass is 16.2. The van der Waals surface area contributed by atoms with Gasteiger partial charge in [0.05, 0.1) is 12.2 Å². The van der Waals surface area contributed by atoms with Gasteiger partial charge in [-0.15, -0.1) is 5.10 Å². The summed E-state index contributed by atoms with van der Waals surface area (Å²) in [6.07, 6.45) is 7.30. The van der Waals surface area contributed by atoms with E-state index in [-0.39, 0.29) is 23.6 Å². The first kappa shape index (κ1) is 19.8. The van der Waals surface area contributed by atoms with Crippen LogP contribution in [0.2, 0.25) is 0 Å². The molecular formula is C22H24N6O2. The van der Waals surface area contributed by atoms with Gasteiger partial charge in [0.1, 0.15) is 0 Å². The quantitative estimate of drug-likeness (QED) is 0.620. The average Bonchev–Trinajstić information content (AvgIpc) is 3.22. The normalized spacial score (nSPS) is 13.7. The Morgan fingerprint density at radius 1 is 1.03 bits per heavy atom. The predicted octanol–water partition coefficient (Wildman–Crippen LogP) is 2.01. The molecule has 2 amide bonds. The molecule has 8 nitrogen and oxygen atoms in total. The lowest BCUT2D eigenvalue weighted by Gasteiger charge is -2.39. The van der Waals surface area contributed by atoms with Crippen LogP contribution < -0.4 is 5.32 Å². The summed E-state index contributed by atoms with van der Waals surface area (Å²) in [6, 6.07) is 14.0. The second-order valence-electron chi connectivity index (χ2n) is 7.41. The SMILES string of the molecule is O=C(NCc1ccncc1)c1cn(C2CN(C(=O)CCCc3ccccc3)C2)nn1. The molecule has 30 heavy (non-hydrogen) atoms. The minimum absolute atomic E-state index is 0.0670. The highest BCUT2D eigenvalue weighted by Gasteiger charge is 2.32. The van der Waals surface area contributed by atoms with Crippen molar-refractivity contribution >= 4 is 11.8 Å². The van der Waals surface area contributed by atoms with Crippen LogP contribution in [0, 0.1) is 0 Å². The zero-order valence-electron chi connectivity index (χ0n) is 16.6. The van der Waals surface area contributed by atoms with Crippen LogP contribution in [-0.2, 0) is 17.8 Å². The molecule has 2 aromatic heterocycles. The van der Waals surface area contributed by atoms with Gasteiger partial charge in [0, 0.05) is 38.4 Å². The Morgan fingerprint density at radius 2 is 1.80 bits per heavy atom. The van der Waals surface area contributed by atoms with Crippen molar-refractivity contribution in [2.75, 3.05) is 13.1 Å². The maximum Gasteiger partial charge on any atom is 0.273 e. The molecule has 1 aromatic carbocycles. The Balaban J connectivity index is 1.20. The van der Waals surface area contributed by atoms with Crippen LogP contribution in [0.25, 0.3) is 0 Å². The second-order valence-corrected chi connectivity index (χ2v) is 7.41. The number of aryl methyl sites for hydroxylation is 1. The van der Waals surface area contributed by atoms with Gasteiger partial charge in [-0.2, -0.15) is 0 Å². The molecule has 154 valence electrons. The first-order valence-corrected chi connectivity index (χ1v) is 10.1. The van der Waals surface area contributed by atoms with E-state index in [2.05, 4.69) is 32.7 Å². The van der Waals surface area contributed by atoms with E-state index in [4.69, 9.17) is 0 Å². The molecule has 8 heteroatoms. The van der Waals surface area contributed by atoms with Gasteiger partial charge >= 0.3 is 0 Å². The van der Waals surface area contributed by atoms with E-state index < -0.39 is 0 Å². The first-order valence-electron chi connectivity index (χ1n) is 10.1. The van der Waals surface area contributed by atoms with Crippen LogP contribution in [0.4, 0.5) is 0 Å². The lowest BCUT2D eigenvalue weighted by Crippen LogP contribution is -2.50. The van der Waals surface area contributed by atoms with Gasteiger partial charge < -0.3 is 10.2 Å². The summed E-state index contributed by atoms with van der Waals surface area (Å²) in [5.74, 6) is -0.108. The molecule has 1 N–H and O–H groups in total. The fourth-order valence-corrected chi connectivity index (χ4v) is 3.41. The van der Waals surface area contributed by atoms with Gasteiger partial charge in [0.2, 0.25) is 5.91 Å². The molecule has 3 aromatic rings. The fraction of sp³-hybridized carbons (Fsp3) is 0.318. The number of nitrogens with one attached hydrogen (secondary N) is 1. The third-order valence-corrected chi connectivity index (χ3v) is 5.23. The van der Waals surface area contributed by atoms with Gasteiger partial charge in [-0.05, 0) is 36.1 Å². The summed E-state index contributed by atoms with van der Waals surface area (Å²) in [6.45, 7) is 1.61. The Bertz CT molecular complexity index is 983. The number of aromatic nitrogens is 4. The smallest absolute Gasteiger partial charge is 0.273 e. The molecule has 0 aliphatic carbocycles. The molecule has 1 aliphatic heterocycles. The average molecular weight is 404 g/mol. The maximum atomic E-state index is 12.3. The molecule has 1 aliphatic rings. The monoisotopic (exact) mass is 404 g/mol. The Kier molecular flexibility index (Phi) is 6.12. The summed E-state index contributed by atoms with van der Waals surface area (Å²) in [4.78, 5) is 30.4. The van der Waals surface area contributed by atoms with Crippen molar-refractivity contribution in [1.29, 1.82) is 0 Å². The number of carbonyl (C=O) groups excluding carboxylic acids is 2. The van der Waals surface area contributed by atoms with E-state index in [1.807, 2.05) is 35.2 Å². The van der Waals surface area contributed by atoms with Crippen molar-refractivity contribution in [2.24, 2.45) is 0 Å². The number of carbonyl (C=O) groups is 2. The van der Waals surface area contributed by atoms with Crippen LogP contribution in [0.3, 0.4) is 0 Å². The number of pyridine rings is 1.